The van der Waals surface area contributed by atoms with E-state index < -0.39 is 0 Å². The van der Waals surface area contributed by atoms with Crippen LogP contribution in [0.5, 0.6) is 0 Å². The molecule has 114 valence electrons. The number of rotatable bonds is 2. The van der Waals surface area contributed by atoms with Gasteiger partial charge in [0.1, 0.15) is 0 Å². The van der Waals surface area contributed by atoms with Crippen LogP contribution in [-0.4, -0.2) is 28.9 Å². The molecule has 1 atom stereocenters. The van der Waals surface area contributed by atoms with Crippen molar-refractivity contribution in [3.05, 3.63) is 78.0 Å². The topological polar surface area (TPSA) is 33.2 Å². The van der Waals surface area contributed by atoms with E-state index in [1.807, 2.05) is 41.3 Å². The second-order valence-corrected chi connectivity index (χ2v) is 6.03. The van der Waals surface area contributed by atoms with E-state index in [0.717, 1.165) is 30.4 Å². The summed E-state index contributed by atoms with van der Waals surface area (Å²) in [5, 5.41) is 1.01. The smallest absolute Gasteiger partial charge is 0.256 e. The summed E-state index contributed by atoms with van der Waals surface area (Å²) in [5.74, 6) is 0.524. The van der Waals surface area contributed by atoms with Crippen molar-refractivity contribution in [2.75, 3.05) is 13.1 Å². The van der Waals surface area contributed by atoms with Gasteiger partial charge in [-0.2, -0.15) is 0 Å². The van der Waals surface area contributed by atoms with E-state index >= 15 is 0 Å². The standard InChI is InChI=1S/C20H18N2O/c23-20(18-10-4-8-16-9-5-12-21-19(16)18)22-13-11-17(14-22)15-6-2-1-3-7-15/h1-10,12,17H,11,13-14H2. The molecule has 1 fully saturated rings. The van der Waals surface area contributed by atoms with Crippen LogP contribution in [0.15, 0.2) is 66.9 Å². The zero-order chi connectivity index (χ0) is 15.6. The van der Waals surface area contributed by atoms with Crippen molar-refractivity contribution in [3.63, 3.8) is 0 Å². The molecule has 1 saturated heterocycles. The third kappa shape index (κ3) is 2.59. The van der Waals surface area contributed by atoms with E-state index in [1.54, 1.807) is 6.20 Å². The van der Waals surface area contributed by atoms with Crippen LogP contribution >= 0.6 is 0 Å². The molecule has 23 heavy (non-hydrogen) atoms. The Bertz CT molecular complexity index is 839. The van der Waals surface area contributed by atoms with Crippen molar-refractivity contribution in [1.82, 2.24) is 9.88 Å². The van der Waals surface area contributed by atoms with E-state index in [-0.39, 0.29) is 5.91 Å². The molecule has 0 N–H and O–H groups in total. The highest BCUT2D eigenvalue weighted by Crippen LogP contribution is 2.29. The minimum Gasteiger partial charge on any atom is -0.338 e. The first-order valence-corrected chi connectivity index (χ1v) is 8.01. The van der Waals surface area contributed by atoms with Gasteiger partial charge in [0.25, 0.3) is 5.91 Å². The fourth-order valence-corrected chi connectivity index (χ4v) is 3.39. The zero-order valence-corrected chi connectivity index (χ0v) is 12.9. The molecule has 0 radical (unpaired) electrons. The van der Waals surface area contributed by atoms with Gasteiger partial charge in [-0.05, 0) is 24.1 Å². The van der Waals surface area contributed by atoms with Crippen molar-refractivity contribution in [2.24, 2.45) is 0 Å². The van der Waals surface area contributed by atoms with Crippen molar-refractivity contribution < 1.29 is 4.79 Å². The molecule has 0 bridgehead atoms. The van der Waals surface area contributed by atoms with Crippen molar-refractivity contribution in [2.45, 2.75) is 12.3 Å². The molecule has 3 aromatic rings. The zero-order valence-electron chi connectivity index (χ0n) is 12.9. The highest BCUT2D eigenvalue weighted by Gasteiger charge is 2.28. The fraction of sp³-hybridized carbons (Fsp3) is 0.200. The van der Waals surface area contributed by atoms with Gasteiger partial charge in [-0.3, -0.25) is 9.78 Å². The molecule has 1 aromatic heterocycles. The summed E-state index contributed by atoms with van der Waals surface area (Å²) in [4.78, 5) is 19.3. The maximum Gasteiger partial charge on any atom is 0.256 e. The van der Waals surface area contributed by atoms with Crippen LogP contribution in [-0.2, 0) is 0 Å². The molecule has 2 aromatic carbocycles. The molecule has 1 amide bonds. The Kier molecular flexibility index (Phi) is 3.54. The molecule has 0 aliphatic carbocycles. The minimum absolute atomic E-state index is 0.0905. The first kappa shape index (κ1) is 13.9. The molecule has 2 heterocycles. The highest BCUT2D eigenvalue weighted by molar-refractivity contribution is 6.05. The van der Waals surface area contributed by atoms with Crippen LogP contribution in [0.3, 0.4) is 0 Å². The summed E-state index contributed by atoms with van der Waals surface area (Å²) < 4.78 is 0. The van der Waals surface area contributed by atoms with E-state index in [4.69, 9.17) is 0 Å². The van der Waals surface area contributed by atoms with Crippen LogP contribution in [0.25, 0.3) is 10.9 Å². The number of hydrogen-bond acceptors (Lipinski definition) is 2. The Morgan fingerprint density at radius 1 is 1.00 bits per heavy atom. The number of aromatic nitrogens is 1. The first-order chi connectivity index (χ1) is 11.3. The molecule has 1 aliphatic rings. The largest absolute Gasteiger partial charge is 0.338 e. The molecule has 0 saturated carbocycles. The molecule has 4 rings (SSSR count). The van der Waals surface area contributed by atoms with Crippen molar-refractivity contribution in [1.29, 1.82) is 0 Å². The predicted molar refractivity (Wildman–Crippen MR) is 91.4 cm³/mol. The number of nitrogens with zero attached hydrogens (tertiary/aromatic N) is 2. The van der Waals surface area contributed by atoms with E-state index in [9.17, 15) is 4.79 Å². The fourth-order valence-electron chi connectivity index (χ4n) is 3.39. The molecular weight excluding hydrogens is 284 g/mol. The summed E-state index contributed by atoms with van der Waals surface area (Å²) in [5.41, 5.74) is 2.82. The molecule has 1 aliphatic heterocycles. The lowest BCUT2D eigenvalue weighted by atomic mass is 9.99. The molecular formula is C20H18N2O. The second kappa shape index (κ2) is 5.84. The minimum atomic E-state index is 0.0905. The number of amides is 1. The number of pyridine rings is 1. The van der Waals surface area contributed by atoms with Crippen molar-refractivity contribution >= 4 is 16.8 Å². The third-order valence-electron chi connectivity index (χ3n) is 4.61. The Morgan fingerprint density at radius 2 is 1.83 bits per heavy atom. The van der Waals surface area contributed by atoms with Crippen LogP contribution < -0.4 is 0 Å². The lowest BCUT2D eigenvalue weighted by molar-refractivity contribution is 0.0792. The predicted octanol–water partition coefficient (Wildman–Crippen LogP) is 3.86. The maximum atomic E-state index is 12.9. The van der Waals surface area contributed by atoms with Gasteiger partial charge in [-0.15, -0.1) is 0 Å². The van der Waals surface area contributed by atoms with Crippen LogP contribution in [0.1, 0.15) is 28.3 Å². The Hall–Kier alpha value is -2.68. The molecule has 3 heteroatoms. The van der Waals surface area contributed by atoms with Gasteiger partial charge in [-0.25, -0.2) is 0 Å². The first-order valence-electron chi connectivity index (χ1n) is 8.01. The Balaban J connectivity index is 1.60. The number of fused-ring (bicyclic) bond motifs is 1. The van der Waals surface area contributed by atoms with E-state index in [0.29, 0.717) is 11.5 Å². The summed E-state index contributed by atoms with van der Waals surface area (Å²) in [7, 11) is 0. The summed E-state index contributed by atoms with van der Waals surface area (Å²) >= 11 is 0. The second-order valence-electron chi connectivity index (χ2n) is 6.03. The number of carbonyl (C=O) groups excluding carboxylic acids is 1. The van der Waals surface area contributed by atoms with Gasteiger partial charge >= 0.3 is 0 Å². The van der Waals surface area contributed by atoms with Crippen LogP contribution in [0.2, 0.25) is 0 Å². The van der Waals surface area contributed by atoms with Crippen LogP contribution in [0.4, 0.5) is 0 Å². The number of benzene rings is 2. The van der Waals surface area contributed by atoms with Gasteiger partial charge < -0.3 is 4.90 Å². The SMILES string of the molecule is O=C(c1cccc2cccnc12)N1CCC(c2ccccc2)C1. The average Bonchev–Trinajstić information content (AvgIpc) is 3.11. The molecule has 0 spiro atoms. The van der Waals surface area contributed by atoms with Gasteiger partial charge in [0.05, 0.1) is 11.1 Å². The summed E-state index contributed by atoms with van der Waals surface area (Å²) in [6, 6.07) is 20.2. The summed E-state index contributed by atoms with van der Waals surface area (Å²) in [6.07, 6.45) is 2.77. The Morgan fingerprint density at radius 3 is 2.70 bits per heavy atom. The lowest BCUT2D eigenvalue weighted by Crippen LogP contribution is -2.28. The van der Waals surface area contributed by atoms with Gasteiger partial charge in [0, 0.05) is 30.6 Å². The van der Waals surface area contributed by atoms with E-state index in [1.165, 1.54) is 5.56 Å². The average molecular weight is 302 g/mol. The van der Waals surface area contributed by atoms with Gasteiger partial charge in [0.15, 0.2) is 0 Å². The van der Waals surface area contributed by atoms with Gasteiger partial charge in [0.2, 0.25) is 0 Å². The summed E-state index contributed by atoms with van der Waals surface area (Å²) in [6.45, 7) is 1.59. The third-order valence-corrected chi connectivity index (χ3v) is 4.61. The van der Waals surface area contributed by atoms with E-state index in [2.05, 4.69) is 29.2 Å². The number of hydrogen-bond donors (Lipinski definition) is 0. The highest BCUT2D eigenvalue weighted by atomic mass is 16.2. The Labute approximate surface area is 135 Å². The van der Waals surface area contributed by atoms with Crippen LogP contribution in [0, 0.1) is 0 Å². The monoisotopic (exact) mass is 302 g/mol. The number of likely N-dealkylation sites (tertiary alicyclic amines) is 1. The lowest BCUT2D eigenvalue weighted by Gasteiger charge is -2.17. The number of para-hydroxylation sites is 1. The maximum absolute atomic E-state index is 12.9. The normalized spacial score (nSPS) is 17.6. The van der Waals surface area contributed by atoms with Crippen molar-refractivity contribution in [3.8, 4) is 0 Å². The van der Waals surface area contributed by atoms with Gasteiger partial charge in [-0.1, -0.05) is 48.5 Å². The number of carbonyl (C=O) groups is 1. The molecule has 3 nitrogen and oxygen atoms in total. The quantitative estimate of drug-likeness (QED) is 0.720. The molecule has 1 unspecified atom stereocenters.